The van der Waals surface area contributed by atoms with Crippen LogP contribution in [0.25, 0.3) is 11.1 Å². The summed E-state index contributed by atoms with van der Waals surface area (Å²) in [4.78, 5) is 27.0. The summed E-state index contributed by atoms with van der Waals surface area (Å²) < 4.78 is 3.19. The van der Waals surface area contributed by atoms with Crippen LogP contribution in [0.2, 0.25) is 0 Å². The van der Waals surface area contributed by atoms with Gasteiger partial charge in [-0.05, 0) is 42.3 Å². The van der Waals surface area contributed by atoms with E-state index >= 15 is 0 Å². The third-order valence-electron chi connectivity index (χ3n) is 4.35. The maximum atomic E-state index is 12.0. The Morgan fingerprint density at radius 2 is 1.84 bits per heavy atom. The van der Waals surface area contributed by atoms with Crippen molar-refractivity contribution in [2.45, 2.75) is 19.9 Å². The quantitative estimate of drug-likeness (QED) is 0.670. The van der Waals surface area contributed by atoms with Crippen LogP contribution in [0.5, 0.6) is 0 Å². The Morgan fingerprint density at radius 3 is 2.44 bits per heavy atom. The number of hydrogen-bond acceptors (Lipinski definition) is 4. The molecule has 1 aliphatic heterocycles. The summed E-state index contributed by atoms with van der Waals surface area (Å²) in [5.74, 6) is -0.0143. The van der Waals surface area contributed by atoms with Gasteiger partial charge in [-0.15, -0.1) is 0 Å². The predicted octanol–water partition coefficient (Wildman–Crippen LogP) is 3.76. The highest BCUT2D eigenvalue weighted by atomic mass is 32.2. The number of nitrogens with zero attached hydrogens (tertiary/aromatic N) is 2. The van der Waals surface area contributed by atoms with E-state index < -0.39 is 0 Å². The van der Waals surface area contributed by atoms with Crippen molar-refractivity contribution in [2.75, 3.05) is 27.3 Å². The van der Waals surface area contributed by atoms with Crippen LogP contribution < -0.4 is 14.5 Å². The standard InChI is InChI=1S/C19H21N3O2S/c1-13-11-21(12-23)19-10-16(6-9-18(19)22(13)14(2)24)15-4-7-17(8-5-15)20-25-3/h4-10,12-13,20H,11H2,1-3H3. The van der Waals surface area contributed by atoms with Gasteiger partial charge in [0.05, 0.1) is 17.4 Å². The Labute approximate surface area is 152 Å². The van der Waals surface area contributed by atoms with E-state index in [0.29, 0.717) is 6.54 Å². The number of anilines is 3. The Morgan fingerprint density at radius 1 is 1.16 bits per heavy atom. The van der Waals surface area contributed by atoms with E-state index in [1.165, 1.54) is 0 Å². The molecule has 0 saturated carbocycles. The molecule has 0 fully saturated rings. The van der Waals surface area contributed by atoms with Gasteiger partial charge in [0.25, 0.3) is 0 Å². The van der Waals surface area contributed by atoms with Gasteiger partial charge < -0.3 is 14.5 Å². The van der Waals surface area contributed by atoms with Gasteiger partial charge in [0, 0.05) is 25.4 Å². The minimum atomic E-state index is -0.0436. The van der Waals surface area contributed by atoms with Gasteiger partial charge in [-0.1, -0.05) is 30.1 Å². The average Bonchev–Trinajstić information content (AvgIpc) is 2.61. The summed E-state index contributed by atoms with van der Waals surface area (Å²) in [6, 6.07) is 14.0. The topological polar surface area (TPSA) is 52.7 Å². The lowest BCUT2D eigenvalue weighted by molar-refractivity contribution is -0.117. The van der Waals surface area contributed by atoms with Crippen molar-refractivity contribution in [3.05, 3.63) is 42.5 Å². The lowest BCUT2D eigenvalue weighted by atomic mass is 10.0. The van der Waals surface area contributed by atoms with E-state index in [1.807, 2.05) is 55.6 Å². The van der Waals surface area contributed by atoms with Crippen molar-refractivity contribution in [1.82, 2.24) is 0 Å². The molecule has 130 valence electrons. The summed E-state index contributed by atoms with van der Waals surface area (Å²) in [6.07, 6.45) is 2.81. The smallest absolute Gasteiger partial charge is 0.224 e. The molecule has 1 aliphatic rings. The molecule has 0 bridgehead atoms. The molecule has 0 aromatic heterocycles. The summed E-state index contributed by atoms with van der Waals surface area (Å²) in [5.41, 5.74) is 4.67. The lowest BCUT2D eigenvalue weighted by Gasteiger charge is -2.39. The number of fused-ring (bicyclic) bond motifs is 1. The third kappa shape index (κ3) is 3.35. The van der Waals surface area contributed by atoms with Gasteiger partial charge in [-0.3, -0.25) is 9.59 Å². The van der Waals surface area contributed by atoms with Crippen LogP contribution in [-0.4, -0.2) is 31.2 Å². The van der Waals surface area contributed by atoms with Crippen LogP contribution in [0.4, 0.5) is 17.1 Å². The van der Waals surface area contributed by atoms with E-state index in [1.54, 1.807) is 28.7 Å². The second kappa shape index (κ2) is 7.19. The van der Waals surface area contributed by atoms with Gasteiger partial charge in [-0.25, -0.2) is 0 Å². The minimum Gasteiger partial charge on any atom is -0.330 e. The monoisotopic (exact) mass is 355 g/mol. The fourth-order valence-electron chi connectivity index (χ4n) is 3.27. The molecule has 0 radical (unpaired) electrons. The second-order valence-corrected chi connectivity index (χ2v) is 6.70. The van der Waals surface area contributed by atoms with Crippen molar-refractivity contribution in [2.24, 2.45) is 0 Å². The Bertz CT molecular complexity index is 792. The summed E-state index contributed by atoms with van der Waals surface area (Å²) in [5, 5.41) is 0. The van der Waals surface area contributed by atoms with Crippen molar-refractivity contribution < 1.29 is 9.59 Å². The molecular weight excluding hydrogens is 334 g/mol. The highest BCUT2D eigenvalue weighted by Crippen LogP contribution is 2.38. The van der Waals surface area contributed by atoms with E-state index in [2.05, 4.69) is 4.72 Å². The Kier molecular flexibility index (Phi) is 4.99. The zero-order chi connectivity index (χ0) is 18.0. The average molecular weight is 355 g/mol. The number of carbonyl (C=O) groups excluding carboxylic acids is 2. The molecule has 0 spiro atoms. The SMILES string of the molecule is CSNc1ccc(-c2ccc3c(c2)N(C=O)CC(C)N3C(C)=O)cc1. The van der Waals surface area contributed by atoms with Gasteiger partial charge in [0.2, 0.25) is 12.3 Å². The number of hydrogen-bond donors (Lipinski definition) is 1. The lowest BCUT2D eigenvalue weighted by Crippen LogP contribution is -2.49. The molecule has 0 aliphatic carbocycles. The molecule has 1 N–H and O–H groups in total. The first kappa shape index (κ1) is 17.4. The summed E-state index contributed by atoms with van der Waals surface area (Å²) >= 11 is 1.55. The molecule has 1 atom stereocenters. The Balaban J connectivity index is 2.02. The van der Waals surface area contributed by atoms with Crippen molar-refractivity contribution >= 4 is 41.3 Å². The second-order valence-electron chi connectivity index (χ2n) is 6.08. The summed E-state index contributed by atoms with van der Waals surface area (Å²) in [7, 11) is 0. The molecule has 2 aromatic rings. The maximum Gasteiger partial charge on any atom is 0.224 e. The van der Waals surface area contributed by atoms with Crippen LogP contribution in [0.15, 0.2) is 42.5 Å². The normalized spacial score (nSPS) is 16.4. The number of rotatable bonds is 4. The fourth-order valence-corrected chi connectivity index (χ4v) is 3.64. The number of carbonyl (C=O) groups is 2. The molecule has 1 unspecified atom stereocenters. The van der Waals surface area contributed by atoms with Crippen molar-refractivity contribution in [3.8, 4) is 11.1 Å². The molecule has 25 heavy (non-hydrogen) atoms. The van der Waals surface area contributed by atoms with Gasteiger partial charge in [0.15, 0.2) is 0 Å². The van der Waals surface area contributed by atoms with E-state index in [-0.39, 0.29) is 11.9 Å². The van der Waals surface area contributed by atoms with Crippen LogP contribution in [-0.2, 0) is 9.59 Å². The molecule has 1 heterocycles. The predicted molar refractivity (Wildman–Crippen MR) is 105 cm³/mol. The van der Waals surface area contributed by atoms with E-state index in [4.69, 9.17) is 0 Å². The largest absolute Gasteiger partial charge is 0.330 e. The first-order valence-corrected chi connectivity index (χ1v) is 9.33. The highest BCUT2D eigenvalue weighted by molar-refractivity contribution is 7.99. The van der Waals surface area contributed by atoms with E-state index in [9.17, 15) is 9.59 Å². The number of benzene rings is 2. The molecule has 0 saturated heterocycles. The van der Waals surface area contributed by atoms with Crippen LogP contribution in [0, 0.1) is 0 Å². The Hall–Kier alpha value is -2.47. The van der Waals surface area contributed by atoms with Crippen LogP contribution in [0.1, 0.15) is 13.8 Å². The number of amides is 2. The van der Waals surface area contributed by atoms with Crippen molar-refractivity contribution in [1.29, 1.82) is 0 Å². The van der Waals surface area contributed by atoms with Gasteiger partial charge in [0.1, 0.15) is 0 Å². The molecule has 6 heteroatoms. The van der Waals surface area contributed by atoms with Gasteiger partial charge >= 0.3 is 0 Å². The van der Waals surface area contributed by atoms with Gasteiger partial charge in [-0.2, -0.15) is 0 Å². The van der Waals surface area contributed by atoms with E-state index in [0.717, 1.165) is 34.6 Å². The zero-order valence-corrected chi connectivity index (χ0v) is 15.3. The molecular formula is C19H21N3O2S. The summed E-state index contributed by atoms with van der Waals surface area (Å²) in [6.45, 7) is 4.00. The van der Waals surface area contributed by atoms with Crippen LogP contribution in [0.3, 0.4) is 0 Å². The zero-order valence-electron chi connectivity index (χ0n) is 14.5. The highest BCUT2D eigenvalue weighted by Gasteiger charge is 2.30. The molecule has 3 rings (SSSR count). The fraction of sp³-hybridized carbons (Fsp3) is 0.263. The van der Waals surface area contributed by atoms with Crippen LogP contribution >= 0.6 is 11.9 Å². The third-order valence-corrected chi connectivity index (χ3v) is 4.79. The number of nitrogens with one attached hydrogen (secondary N) is 1. The molecule has 2 aromatic carbocycles. The first-order valence-electron chi connectivity index (χ1n) is 8.10. The first-order chi connectivity index (χ1) is 12.0. The molecule has 5 nitrogen and oxygen atoms in total. The molecule has 2 amide bonds. The minimum absolute atomic E-state index is 0.0143. The van der Waals surface area contributed by atoms with Crippen molar-refractivity contribution in [3.63, 3.8) is 0 Å². The maximum absolute atomic E-state index is 12.0.